The van der Waals surface area contributed by atoms with Crippen molar-refractivity contribution in [2.24, 2.45) is 7.05 Å². The van der Waals surface area contributed by atoms with Gasteiger partial charge in [-0.05, 0) is 23.8 Å². The molecule has 0 aliphatic carbocycles. The number of fused-ring (bicyclic) bond motifs is 2. The minimum absolute atomic E-state index is 0.243. The summed E-state index contributed by atoms with van der Waals surface area (Å²) in [5.74, 6) is 0.296. The first kappa shape index (κ1) is 20.5. The van der Waals surface area contributed by atoms with Crippen molar-refractivity contribution >= 4 is 10.9 Å². The highest BCUT2D eigenvalue weighted by atomic mass is 19.4. The third-order valence-electron chi connectivity index (χ3n) is 6.01. The van der Waals surface area contributed by atoms with Crippen LogP contribution >= 0.6 is 0 Å². The number of hydrogen-bond donors (Lipinski definition) is 1. The number of H-pyrrole nitrogens is 1. The molecule has 1 aliphatic heterocycles. The molecule has 32 heavy (non-hydrogen) atoms. The number of nitrogens with zero attached hydrogens (tertiary/aromatic N) is 3. The molecule has 3 heterocycles. The zero-order valence-electron chi connectivity index (χ0n) is 17.4. The molecule has 1 N–H and O–H groups in total. The van der Waals surface area contributed by atoms with E-state index < -0.39 is 11.7 Å². The lowest BCUT2D eigenvalue weighted by molar-refractivity contribution is -0.137. The van der Waals surface area contributed by atoms with Crippen molar-refractivity contribution in [2.45, 2.75) is 25.7 Å². The number of alkyl halides is 3. The Balaban J connectivity index is 1.39. The number of aromatic amines is 1. The number of rotatable bonds is 3. The molecule has 4 aromatic rings. The van der Waals surface area contributed by atoms with E-state index in [9.17, 15) is 18.0 Å². The second-order valence-corrected chi connectivity index (χ2v) is 8.16. The Labute approximate surface area is 182 Å². The molecular weight excluding hydrogens is 417 g/mol. The summed E-state index contributed by atoms with van der Waals surface area (Å²) in [5, 5.41) is 1.20. The van der Waals surface area contributed by atoms with Crippen LogP contribution in [0.1, 0.15) is 22.4 Å². The summed E-state index contributed by atoms with van der Waals surface area (Å²) in [4.78, 5) is 22.3. The highest BCUT2D eigenvalue weighted by Gasteiger charge is 2.30. The van der Waals surface area contributed by atoms with Crippen molar-refractivity contribution in [2.75, 3.05) is 6.54 Å². The van der Waals surface area contributed by atoms with Gasteiger partial charge in [0.15, 0.2) is 0 Å². The van der Waals surface area contributed by atoms with Gasteiger partial charge in [-0.3, -0.25) is 9.69 Å². The average Bonchev–Trinajstić information content (AvgIpc) is 3.09. The smallest absolute Gasteiger partial charge is 0.350 e. The van der Waals surface area contributed by atoms with Crippen LogP contribution in [0.15, 0.2) is 59.5 Å². The van der Waals surface area contributed by atoms with Gasteiger partial charge in [-0.2, -0.15) is 13.2 Å². The van der Waals surface area contributed by atoms with Crippen LogP contribution in [0.25, 0.3) is 22.3 Å². The fourth-order valence-corrected chi connectivity index (χ4v) is 4.36. The molecule has 2 aromatic heterocycles. The van der Waals surface area contributed by atoms with Gasteiger partial charge in [0.1, 0.15) is 5.82 Å². The van der Waals surface area contributed by atoms with Crippen molar-refractivity contribution in [3.8, 4) is 11.4 Å². The molecule has 0 radical (unpaired) electrons. The Morgan fingerprint density at radius 3 is 2.59 bits per heavy atom. The topological polar surface area (TPSA) is 53.9 Å². The summed E-state index contributed by atoms with van der Waals surface area (Å²) in [7, 11) is 2.02. The van der Waals surface area contributed by atoms with Gasteiger partial charge in [-0.25, -0.2) is 4.98 Å². The predicted octanol–water partition coefficient (Wildman–Crippen LogP) is 4.51. The lowest BCUT2D eigenvalue weighted by Gasteiger charge is -2.27. The van der Waals surface area contributed by atoms with Gasteiger partial charge < -0.3 is 9.55 Å². The molecule has 0 bridgehead atoms. The number of aryl methyl sites for hydroxylation is 1. The SMILES string of the molecule is Cn1cc(CN2CCc3nc(-c4ccc(C(F)(F)F)cc4)[nH]c(=O)c3C2)c2ccccc21. The van der Waals surface area contributed by atoms with Gasteiger partial charge >= 0.3 is 6.18 Å². The van der Waals surface area contributed by atoms with Crippen molar-refractivity contribution in [1.29, 1.82) is 0 Å². The molecule has 1 aliphatic rings. The van der Waals surface area contributed by atoms with E-state index in [1.165, 1.54) is 28.6 Å². The zero-order chi connectivity index (χ0) is 22.5. The minimum Gasteiger partial charge on any atom is -0.350 e. The minimum atomic E-state index is -4.40. The van der Waals surface area contributed by atoms with E-state index >= 15 is 0 Å². The van der Waals surface area contributed by atoms with Crippen LogP contribution in [0.2, 0.25) is 0 Å². The first-order valence-electron chi connectivity index (χ1n) is 10.3. The molecular formula is C24H21F3N4O. The molecule has 0 atom stereocenters. The second kappa shape index (κ2) is 7.63. The van der Waals surface area contributed by atoms with Gasteiger partial charge in [0.2, 0.25) is 0 Å². The van der Waals surface area contributed by atoms with Crippen molar-refractivity contribution in [3.63, 3.8) is 0 Å². The largest absolute Gasteiger partial charge is 0.416 e. The zero-order valence-corrected chi connectivity index (χ0v) is 17.4. The maximum atomic E-state index is 12.8. The van der Waals surface area contributed by atoms with Crippen LogP contribution in [-0.4, -0.2) is 26.0 Å². The van der Waals surface area contributed by atoms with Gasteiger partial charge in [0.05, 0.1) is 16.8 Å². The molecule has 0 saturated carbocycles. The molecule has 8 heteroatoms. The molecule has 5 nitrogen and oxygen atoms in total. The number of halogens is 3. The summed E-state index contributed by atoms with van der Waals surface area (Å²) < 4.78 is 40.5. The fraction of sp³-hybridized carbons (Fsp3) is 0.250. The van der Waals surface area contributed by atoms with E-state index in [1.54, 1.807) is 0 Å². The number of aromatic nitrogens is 3. The number of hydrogen-bond acceptors (Lipinski definition) is 3. The summed E-state index contributed by atoms with van der Waals surface area (Å²) >= 11 is 0. The van der Waals surface area contributed by atoms with Crippen LogP contribution in [0.4, 0.5) is 13.2 Å². The molecule has 0 fully saturated rings. The fourth-order valence-electron chi connectivity index (χ4n) is 4.36. The molecule has 0 amide bonds. The van der Waals surface area contributed by atoms with Crippen LogP contribution in [0.3, 0.4) is 0 Å². The van der Waals surface area contributed by atoms with E-state index in [0.717, 1.165) is 25.2 Å². The number of para-hydroxylation sites is 1. The third kappa shape index (κ3) is 3.71. The van der Waals surface area contributed by atoms with Gasteiger partial charge in [0.25, 0.3) is 5.56 Å². The normalized spacial score (nSPS) is 14.6. The van der Waals surface area contributed by atoms with E-state index in [1.807, 2.05) is 19.2 Å². The first-order valence-corrected chi connectivity index (χ1v) is 10.3. The summed E-state index contributed by atoms with van der Waals surface area (Å²) in [5.41, 5.74) is 3.18. The first-order chi connectivity index (χ1) is 15.3. The van der Waals surface area contributed by atoms with Gasteiger partial charge in [-0.1, -0.05) is 30.3 Å². The van der Waals surface area contributed by atoms with Crippen molar-refractivity contribution in [3.05, 3.63) is 87.5 Å². The van der Waals surface area contributed by atoms with E-state index in [0.29, 0.717) is 35.6 Å². The third-order valence-corrected chi connectivity index (χ3v) is 6.01. The van der Waals surface area contributed by atoms with Crippen LogP contribution in [-0.2, 0) is 32.7 Å². The van der Waals surface area contributed by atoms with Crippen LogP contribution < -0.4 is 5.56 Å². The van der Waals surface area contributed by atoms with E-state index in [2.05, 4.69) is 37.8 Å². The number of nitrogens with one attached hydrogen (secondary N) is 1. The Morgan fingerprint density at radius 2 is 1.84 bits per heavy atom. The highest BCUT2D eigenvalue weighted by molar-refractivity contribution is 5.83. The van der Waals surface area contributed by atoms with Crippen LogP contribution in [0, 0.1) is 0 Å². The van der Waals surface area contributed by atoms with E-state index in [-0.39, 0.29) is 5.56 Å². The average molecular weight is 438 g/mol. The summed E-state index contributed by atoms with van der Waals surface area (Å²) in [6, 6.07) is 12.9. The Kier molecular flexibility index (Phi) is 4.89. The van der Waals surface area contributed by atoms with Crippen molar-refractivity contribution in [1.82, 2.24) is 19.4 Å². The van der Waals surface area contributed by atoms with E-state index in [4.69, 9.17) is 0 Å². The maximum absolute atomic E-state index is 12.8. The second-order valence-electron chi connectivity index (χ2n) is 8.16. The Bertz CT molecular complexity index is 1350. The maximum Gasteiger partial charge on any atom is 0.416 e. The van der Waals surface area contributed by atoms with Crippen molar-refractivity contribution < 1.29 is 13.2 Å². The molecule has 2 aromatic carbocycles. The molecule has 0 unspecified atom stereocenters. The standard InChI is InChI=1S/C24H21F3N4O/c1-30-12-16(18-4-2-3-5-21(18)30)13-31-11-10-20-19(14-31)23(32)29-22(28-20)15-6-8-17(9-7-15)24(25,26)27/h2-9,12H,10-11,13-14H2,1H3,(H,28,29,32). The Morgan fingerprint density at radius 1 is 1.09 bits per heavy atom. The molecule has 0 saturated heterocycles. The summed E-state index contributed by atoms with van der Waals surface area (Å²) in [6.07, 6.45) is -1.67. The summed E-state index contributed by atoms with van der Waals surface area (Å²) in [6.45, 7) is 1.95. The van der Waals surface area contributed by atoms with Gasteiger partial charge in [0, 0.05) is 55.8 Å². The highest BCUT2D eigenvalue weighted by Crippen LogP contribution is 2.30. The lowest BCUT2D eigenvalue weighted by atomic mass is 10.0. The number of benzene rings is 2. The monoisotopic (exact) mass is 438 g/mol. The lowest BCUT2D eigenvalue weighted by Crippen LogP contribution is -2.35. The quantitative estimate of drug-likeness (QED) is 0.512. The van der Waals surface area contributed by atoms with Crippen LogP contribution in [0.5, 0.6) is 0 Å². The molecule has 5 rings (SSSR count). The molecule has 0 spiro atoms. The Hall–Kier alpha value is -3.39. The van der Waals surface area contributed by atoms with Gasteiger partial charge in [-0.15, -0.1) is 0 Å². The molecule has 164 valence electrons. The predicted molar refractivity (Wildman–Crippen MR) is 116 cm³/mol.